The van der Waals surface area contributed by atoms with E-state index < -0.39 is 6.09 Å². The highest BCUT2D eigenvalue weighted by molar-refractivity contribution is 9.11. The maximum Gasteiger partial charge on any atom is 0.413 e. The van der Waals surface area contributed by atoms with Crippen LogP contribution in [0.1, 0.15) is 12.5 Å². The van der Waals surface area contributed by atoms with Crippen LogP contribution in [0.5, 0.6) is 5.06 Å². The minimum absolute atomic E-state index is 0.0706. The number of halogens is 1. The van der Waals surface area contributed by atoms with Crippen LogP contribution in [0.4, 0.5) is 16.2 Å². The van der Waals surface area contributed by atoms with Gasteiger partial charge in [0.15, 0.2) is 5.06 Å². The van der Waals surface area contributed by atoms with Gasteiger partial charge in [0.25, 0.3) is 5.91 Å². The fraction of sp³-hybridized carbons (Fsp3) is 0.381. The lowest BCUT2D eigenvalue weighted by Crippen LogP contribution is -2.42. The maximum absolute atomic E-state index is 12.9. The zero-order valence-electron chi connectivity index (χ0n) is 17.1. The molecule has 2 aliphatic heterocycles. The number of amides is 3. The molecule has 3 heterocycles. The number of morpholine rings is 1. The van der Waals surface area contributed by atoms with Gasteiger partial charge in [0.1, 0.15) is 6.61 Å². The van der Waals surface area contributed by atoms with Crippen molar-refractivity contribution >= 4 is 56.5 Å². The number of hydrogen-bond donors (Lipinski definition) is 1. The van der Waals surface area contributed by atoms with Crippen LogP contribution in [0, 0.1) is 12.8 Å². The first-order valence-electron chi connectivity index (χ1n) is 9.87. The van der Waals surface area contributed by atoms with Crippen LogP contribution in [0.3, 0.4) is 0 Å². The summed E-state index contributed by atoms with van der Waals surface area (Å²) in [5, 5.41) is 3.28. The summed E-state index contributed by atoms with van der Waals surface area (Å²) in [7, 11) is 0. The predicted molar refractivity (Wildman–Crippen MR) is 121 cm³/mol. The minimum atomic E-state index is -0.585. The van der Waals surface area contributed by atoms with E-state index >= 15 is 0 Å². The molecule has 8 nitrogen and oxygen atoms in total. The number of carbonyl (C=O) groups is 3. The van der Waals surface area contributed by atoms with Crippen molar-refractivity contribution in [2.45, 2.75) is 19.9 Å². The lowest BCUT2D eigenvalue weighted by Gasteiger charge is -2.29. The molecule has 2 fully saturated rings. The number of nitrogens with zero attached hydrogens (tertiary/aromatic N) is 2. The lowest BCUT2D eigenvalue weighted by molar-refractivity contribution is -0.125. The number of ether oxygens (including phenoxy) is 2. The van der Waals surface area contributed by atoms with Gasteiger partial charge in [-0.25, -0.2) is 4.79 Å². The Balaban J connectivity index is 1.45. The largest absolute Gasteiger partial charge is 0.413 e. The number of thiophene rings is 1. The van der Waals surface area contributed by atoms with Crippen molar-refractivity contribution < 1.29 is 23.9 Å². The van der Waals surface area contributed by atoms with Gasteiger partial charge in [-0.3, -0.25) is 9.59 Å². The number of hydrogen-bond acceptors (Lipinski definition) is 6. The number of benzene rings is 1. The van der Waals surface area contributed by atoms with E-state index in [-0.39, 0.29) is 30.4 Å². The molecule has 3 amide bonds. The predicted octanol–water partition coefficient (Wildman–Crippen LogP) is 3.32. The zero-order chi connectivity index (χ0) is 22.1. The maximum atomic E-state index is 12.9. The molecule has 0 radical (unpaired) electrons. The minimum Gasteiger partial charge on any atom is -0.399 e. The Labute approximate surface area is 192 Å². The molecule has 4 rings (SSSR count). The van der Waals surface area contributed by atoms with Crippen LogP contribution >= 0.6 is 27.3 Å². The van der Waals surface area contributed by atoms with Gasteiger partial charge in [-0.2, -0.15) is 0 Å². The summed E-state index contributed by atoms with van der Waals surface area (Å²) >= 11 is 4.64. The average Bonchev–Trinajstić information content (AvgIpc) is 3.26. The van der Waals surface area contributed by atoms with Crippen LogP contribution in [-0.4, -0.2) is 50.3 Å². The number of anilines is 2. The first-order valence-corrected chi connectivity index (χ1v) is 11.5. The van der Waals surface area contributed by atoms with Crippen molar-refractivity contribution in [1.82, 2.24) is 5.32 Å². The van der Waals surface area contributed by atoms with E-state index in [0.29, 0.717) is 24.8 Å². The van der Waals surface area contributed by atoms with Crippen LogP contribution in [0.25, 0.3) is 0 Å². The third kappa shape index (κ3) is 4.60. The second-order valence-electron chi connectivity index (χ2n) is 7.51. The Kier molecular flexibility index (Phi) is 6.31. The third-order valence-corrected chi connectivity index (χ3v) is 6.95. The standard InChI is InChI=1S/C21H22BrN3O5S/c1-12-9-14(3-4-16(12)24-7-8-29-11-18(24)26)25-10-15(13(2)20(25)27)23-21(28)30-19-6-5-17(22)31-19/h3-6,9,13,15H,7-8,10-11H2,1-2H3,(H,23,28)/t13-,15+/m1/s1. The zero-order valence-corrected chi connectivity index (χ0v) is 19.5. The molecule has 0 unspecified atom stereocenters. The molecule has 1 aromatic carbocycles. The summed E-state index contributed by atoms with van der Waals surface area (Å²) in [4.78, 5) is 40.6. The molecule has 2 aromatic rings. The van der Waals surface area contributed by atoms with E-state index in [1.54, 1.807) is 28.9 Å². The Morgan fingerprint density at radius 1 is 1.26 bits per heavy atom. The van der Waals surface area contributed by atoms with Gasteiger partial charge in [-0.05, 0) is 58.7 Å². The van der Waals surface area contributed by atoms with Crippen molar-refractivity contribution in [1.29, 1.82) is 0 Å². The highest BCUT2D eigenvalue weighted by atomic mass is 79.9. The van der Waals surface area contributed by atoms with Crippen LogP contribution < -0.4 is 19.9 Å². The molecular formula is C21H22BrN3O5S. The quantitative estimate of drug-likeness (QED) is 0.685. The third-order valence-electron chi connectivity index (χ3n) is 5.45. The van der Waals surface area contributed by atoms with Gasteiger partial charge in [-0.15, -0.1) is 0 Å². The summed E-state index contributed by atoms with van der Waals surface area (Å²) in [5.74, 6) is -0.532. The van der Waals surface area contributed by atoms with Crippen molar-refractivity contribution in [2.75, 3.05) is 36.1 Å². The number of aryl methyl sites for hydroxylation is 1. The van der Waals surface area contributed by atoms with E-state index in [4.69, 9.17) is 9.47 Å². The Morgan fingerprint density at radius 3 is 2.74 bits per heavy atom. The molecule has 164 valence electrons. The number of carbonyl (C=O) groups excluding carboxylic acids is 3. The van der Waals surface area contributed by atoms with Gasteiger partial charge in [0.05, 0.1) is 22.4 Å². The number of nitrogens with one attached hydrogen (secondary N) is 1. The van der Waals surface area contributed by atoms with Gasteiger partial charge in [0, 0.05) is 24.5 Å². The van der Waals surface area contributed by atoms with Gasteiger partial charge in [-0.1, -0.05) is 18.3 Å². The highest BCUT2D eigenvalue weighted by Gasteiger charge is 2.39. The van der Waals surface area contributed by atoms with Crippen molar-refractivity contribution in [3.63, 3.8) is 0 Å². The summed E-state index contributed by atoms with van der Waals surface area (Å²) < 4.78 is 11.4. The Hall–Kier alpha value is -2.43. The Morgan fingerprint density at radius 2 is 2.06 bits per heavy atom. The van der Waals surface area contributed by atoms with E-state index in [1.165, 1.54) is 11.3 Å². The summed E-state index contributed by atoms with van der Waals surface area (Å²) in [6.45, 7) is 5.14. The molecule has 0 saturated carbocycles. The molecule has 2 saturated heterocycles. The van der Waals surface area contributed by atoms with Gasteiger partial charge < -0.3 is 24.6 Å². The molecule has 2 atom stereocenters. The Bertz CT molecular complexity index is 1030. The fourth-order valence-electron chi connectivity index (χ4n) is 3.77. The smallest absolute Gasteiger partial charge is 0.399 e. The fourth-order valence-corrected chi connectivity index (χ4v) is 4.97. The molecular weight excluding hydrogens is 486 g/mol. The topological polar surface area (TPSA) is 88.2 Å². The monoisotopic (exact) mass is 507 g/mol. The van der Waals surface area contributed by atoms with E-state index in [9.17, 15) is 14.4 Å². The first kappa shape index (κ1) is 21.8. The molecule has 1 N–H and O–H groups in total. The lowest BCUT2D eigenvalue weighted by atomic mass is 10.1. The second kappa shape index (κ2) is 8.97. The first-order chi connectivity index (χ1) is 14.8. The molecule has 0 spiro atoms. The van der Waals surface area contributed by atoms with Gasteiger partial charge in [0.2, 0.25) is 5.91 Å². The van der Waals surface area contributed by atoms with Crippen molar-refractivity contribution in [2.24, 2.45) is 5.92 Å². The normalized spacial score (nSPS) is 21.5. The van der Waals surface area contributed by atoms with E-state index in [0.717, 1.165) is 20.7 Å². The molecule has 1 aromatic heterocycles. The number of rotatable bonds is 4. The van der Waals surface area contributed by atoms with Crippen LogP contribution in [0.2, 0.25) is 0 Å². The SMILES string of the molecule is Cc1cc(N2C[C@H](NC(=O)Oc3ccc(Br)s3)[C@@H](C)C2=O)ccc1N1CCOCC1=O. The van der Waals surface area contributed by atoms with E-state index in [2.05, 4.69) is 21.2 Å². The summed E-state index contributed by atoms with van der Waals surface area (Å²) in [5.41, 5.74) is 2.45. The van der Waals surface area contributed by atoms with Crippen molar-refractivity contribution in [3.05, 3.63) is 39.7 Å². The molecule has 0 aliphatic carbocycles. The highest BCUT2D eigenvalue weighted by Crippen LogP contribution is 2.31. The molecule has 10 heteroatoms. The van der Waals surface area contributed by atoms with Crippen LogP contribution in [-0.2, 0) is 14.3 Å². The second-order valence-corrected chi connectivity index (χ2v) is 9.93. The van der Waals surface area contributed by atoms with Crippen LogP contribution in [0.15, 0.2) is 34.1 Å². The van der Waals surface area contributed by atoms with E-state index in [1.807, 2.05) is 25.1 Å². The van der Waals surface area contributed by atoms with Crippen molar-refractivity contribution in [3.8, 4) is 5.06 Å². The average molecular weight is 508 g/mol. The summed E-state index contributed by atoms with van der Waals surface area (Å²) in [6.07, 6.45) is -0.585. The molecule has 31 heavy (non-hydrogen) atoms. The molecule has 0 bridgehead atoms. The molecule has 2 aliphatic rings. The summed E-state index contributed by atoms with van der Waals surface area (Å²) in [6, 6.07) is 8.71. The van der Waals surface area contributed by atoms with Gasteiger partial charge >= 0.3 is 6.09 Å².